The third-order valence-corrected chi connectivity index (χ3v) is 5.31. The summed E-state index contributed by atoms with van der Waals surface area (Å²) in [5.74, 6) is 0. The summed E-state index contributed by atoms with van der Waals surface area (Å²) >= 11 is 3.71. The molecule has 0 bridgehead atoms. The molecule has 0 saturated carbocycles. The Kier molecular flexibility index (Phi) is 4.17. The van der Waals surface area contributed by atoms with E-state index in [0.29, 0.717) is 0 Å². The van der Waals surface area contributed by atoms with Crippen molar-refractivity contribution >= 4 is 38.3 Å². The molecule has 2 fully saturated rings. The maximum absolute atomic E-state index is 6.21. The Labute approximate surface area is 144 Å². The molecule has 0 aromatic carbocycles. The molecule has 3 N–H and O–H groups in total. The molecule has 23 heavy (non-hydrogen) atoms. The van der Waals surface area contributed by atoms with Crippen molar-refractivity contribution in [1.29, 1.82) is 0 Å². The first kappa shape index (κ1) is 15.2. The zero-order chi connectivity index (χ0) is 15.8. The van der Waals surface area contributed by atoms with Gasteiger partial charge in [-0.05, 0) is 28.8 Å². The first-order chi connectivity index (χ1) is 11.2. The van der Waals surface area contributed by atoms with E-state index < -0.39 is 0 Å². The molecule has 4 heterocycles. The van der Waals surface area contributed by atoms with Gasteiger partial charge in [-0.3, -0.25) is 0 Å². The van der Waals surface area contributed by atoms with Crippen LogP contribution in [0, 0.1) is 0 Å². The first-order valence-corrected chi connectivity index (χ1v) is 9.02. The number of piperidine rings is 1. The topological polar surface area (TPSA) is 70.4 Å². The summed E-state index contributed by atoms with van der Waals surface area (Å²) in [6.07, 6.45) is 6.20. The minimum atomic E-state index is 0.240. The van der Waals surface area contributed by atoms with Gasteiger partial charge in [0.1, 0.15) is 5.65 Å². The Bertz CT molecular complexity index is 697. The molecule has 2 aromatic rings. The second kappa shape index (κ2) is 6.30. The highest BCUT2D eigenvalue weighted by atomic mass is 79.9. The number of hydrogen-bond acceptors (Lipinski definition) is 5. The Morgan fingerprint density at radius 2 is 2.09 bits per heavy atom. The minimum Gasteiger partial charge on any atom is -0.378 e. The zero-order valence-corrected chi connectivity index (χ0v) is 14.7. The van der Waals surface area contributed by atoms with Crippen LogP contribution in [0.5, 0.6) is 0 Å². The summed E-state index contributed by atoms with van der Waals surface area (Å²) in [7, 11) is 0. The average Bonchev–Trinajstić information content (AvgIpc) is 2.99. The molecule has 2 aliphatic rings. The number of anilines is 2. The van der Waals surface area contributed by atoms with Crippen molar-refractivity contribution < 1.29 is 4.74 Å². The number of hydrogen-bond donors (Lipinski definition) is 2. The number of fused-ring (bicyclic) bond motifs is 1. The molecule has 2 aliphatic heterocycles. The molecule has 124 valence electrons. The highest BCUT2D eigenvalue weighted by Crippen LogP contribution is 2.40. The smallest absolute Gasteiger partial charge is 0.141 e. The Hall–Kier alpha value is -1.31. The lowest BCUT2D eigenvalue weighted by molar-refractivity contribution is 0.123. The fraction of sp³-hybridized carbons (Fsp3) is 0.562. The number of H-pyrrole nitrogens is 1. The standard InChI is InChI=1S/C16H22BrN5O/c17-12-8-19-16-14(15(12)22-3-1-2-11(18)10-22)13(9-20-16)21-4-6-23-7-5-21/h8-9,11H,1-7,10,18H2,(H,19,20)/t11-/m1/s1. The highest BCUT2D eigenvalue weighted by Gasteiger charge is 2.25. The predicted molar refractivity (Wildman–Crippen MR) is 96.2 cm³/mol. The molecule has 2 saturated heterocycles. The molecular formula is C16H22BrN5O. The van der Waals surface area contributed by atoms with E-state index in [2.05, 4.69) is 41.9 Å². The molecule has 0 radical (unpaired) electrons. The number of aromatic nitrogens is 2. The van der Waals surface area contributed by atoms with Crippen LogP contribution in [0.2, 0.25) is 0 Å². The molecular weight excluding hydrogens is 358 g/mol. The van der Waals surface area contributed by atoms with E-state index in [0.717, 1.165) is 62.4 Å². The van der Waals surface area contributed by atoms with E-state index in [1.165, 1.54) is 16.8 Å². The van der Waals surface area contributed by atoms with E-state index >= 15 is 0 Å². The Balaban J connectivity index is 1.81. The molecule has 7 heteroatoms. The van der Waals surface area contributed by atoms with Gasteiger partial charge in [0.15, 0.2) is 0 Å². The molecule has 0 unspecified atom stereocenters. The summed E-state index contributed by atoms with van der Waals surface area (Å²) < 4.78 is 6.53. The normalized spacial score (nSPS) is 22.8. The van der Waals surface area contributed by atoms with Crippen molar-refractivity contribution in [3.63, 3.8) is 0 Å². The lowest BCUT2D eigenvalue weighted by Gasteiger charge is -2.35. The molecule has 6 nitrogen and oxygen atoms in total. The van der Waals surface area contributed by atoms with Gasteiger partial charge in [-0.1, -0.05) is 0 Å². The molecule has 0 amide bonds. The number of halogens is 1. The van der Waals surface area contributed by atoms with Crippen molar-refractivity contribution in [2.24, 2.45) is 5.73 Å². The van der Waals surface area contributed by atoms with Crippen molar-refractivity contribution in [2.45, 2.75) is 18.9 Å². The molecule has 0 aliphatic carbocycles. The van der Waals surface area contributed by atoms with Gasteiger partial charge in [0.05, 0.1) is 34.4 Å². The fourth-order valence-electron chi connectivity index (χ4n) is 3.62. The quantitative estimate of drug-likeness (QED) is 0.835. The second-order valence-electron chi connectivity index (χ2n) is 6.30. The van der Waals surface area contributed by atoms with E-state index in [9.17, 15) is 0 Å². The van der Waals surface area contributed by atoms with Crippen LogP contribution in [-0.2, 0) is 4.74 Å². The van der Waals surface area contributed by atoms with Crippen LogP contribution in [-0.4, -0.2) is 55.4 Å². The summed E-state index contributed by atoms with van der Waals surface area (Å²) in [4.78, 5) is 12.7. The lowest BCUT2D eigenvalue weighted by Crippen LogP contribution is -2.43. The van der Waals surface area contributed by atoms with Crippen LogP contribution in [0.4, 0.5) is 11.4 Å². The number of nitrogens with one attached hydrogen (secondary N) is 1. The minimum absolute atomic E-state index is 0.240. The van der Waals surface area contributed by atoms with E-state index in [1.54, 1.807) is 0 Å². The van der Waals surface area contributed by atoms with Crippen LogP contribution < -0.4 is 15.5 Å². The summed E-state index contributed by atoms with van der Waals surface area (Å²) in [5, 5.41) is 1.19. The number of pyridine rings is 1. The van der Waals surface area contributed by atoms with Crippen molar-refractivity contribution in [3.8, 4) is 0 Å². The second-order valence-corrected chi connectivity index (χ2v) is 7.15. The molecule has 0 spiro atoms. The first-order valence-electron chi connectivity index (χ1n) is 8.23. The Morgan fingerprint density at radius 1 is 1.26 bits per heavy atom. The van der Waals surface area contributed by atoms with Crippen LogP contribution in [0.25, 0.3) is 11.0 Å². The van der Waals surface area contributed by atoms with Crippen LogP contribution in [0.15, 0.2) is 16.9 Å². The van der Waals surface area contributed by atoms with Crippen molar-refractivity contribution in [2.75, 3.05) is 49.2 Å². The zero-order valence-electron chi connectivity index (χ0n) is 13.1. The monoisotopic (exact) mass is 379 g/mol. The Morgan fingerprint density at radius 3 is 2.87 bits per heavy atom. The average molecular weight is 380 g/mol. The number of nitrogens with zero attached hydrogens (tertiary/aromatic N) is 3. The van der Waals surface area contributed by atoms with Gasteiger partial charge in [0.2, 0.25) is 0 Å². The summed E-state index contributed by atoms with van der Waals surface area (Å²) in [6, 6.07) is 0.240. The summed E-state index contributed by atoms with van der Waals surface area (Å²) in [5.41, 5.74) is 9.57. The van der Waals surface area contributed by atoms with Gasteiger partial charge in [-0.15, -0.1) is 0 Å². The largest absolute Gasteiger partial charge is 0.378 e. The van der Waals surface area contributed by atoms with Crippen LogP contribution >= 0.6 is 15.9 Å². The van der Waals surface area contributed by atoms with E-state index in [4.69, 9.17) is 10.5 Å². The van der Waals surface area contributed by atoms with Gasteiger partial charge in [0, 0.05) is 44.6 Å². The number of nitrogens with two attached hydrogens (primary N) is 1. The van der Waals surface area contributed by atoms with Gasteiger partial charge >= 0.3 is 0 Å². The van der Waals surface area contributed by atoms with Gasteiger partial charge in [-0.2, -0.15) is 0 Å². The van der Waals surface area contributed by atoms with Crippen LogP contribution in [0.1, 0.15) is 12.8 Å². The lowest BCUT2D eigenvalue weighted by atomic mass is 10.1. The van der Waals surface area contributed by atoms with E-state index in [-0.39, 0.29) is 6.04 Å². The summed E-state index contributed by atoms with van der Waals surface area (Å²) in [6.45, 7) is 5.32. The predicted octanol–water partition coefficient (Wildman–Crippen LogP) is 2.09. The molecule has 1 atom stereocenters. The van der Waals surface area contributed by atoms with Crippen LogP contribution in [0.3, 0.4) is 0 Å². The number of rotatable bonds is 2. The maximum atomic E-state index is 6.21. The number of ether oxygens (including phenoxy) is 1. The van der Waals surface area contributed by atoms with Gasteiger partial charge in [-0.25, -0.2) is 4.98 Å². The third kappa shape index (κ3) is 2.81. The van der Waals surface area contributed by atoms with E-state index in [1.807, 2.05) is 6.20 Å². The van der Waals surface area contributed by atoms with Gasteiger partial charge < -0.3 is 25.3 Å². The number of morpholine rings is 1. The maximum Gasteiger partial charge on any atom is 0.141 e. The molecule has 4 rings (SSSR count). The van der Waals surface area contributed by atoms with Crippen molar-refractivity contribution in [3.05, 3.63) is 16.9 Å². The van der Waals surface area contributed by atoms with Crippen molar-refractivity contribution in [1.82, 2.24) is 9.97 Å². The fourth-order valence-corrected chi connectivity index (χ4v) is 4.17. The third-order valence-electron chi connectivity index (χ3n) is 4.73. The highest BCUT2D eigenvalue weighted by molar-refractivity contribution is 9.10. The molecule has 2 aromatic heterocycles. The SMILES string of the molecule is N[C@@H]1CCCN(c2c(Br)cnc3[nH]cc(N4CCOCC4)c23)C1. The van der Waals surface area contributed by atoms with Gasteiger partial charge in [0.25, 0.3) is 0 Å². The number of aromatic amines is 1.